The van der Waals surface area contributed by atoms with Crippen LogP contribution in [0.3, 0.4) is 0 Å². The van der Waals surface area contributed by atoms with E-state index in [1.54, 1.807) is 19.3 Å². The first-order valence-corrected chi connectivity index (χ1v) is 7.59. The zero-order chi connectivity index (χ0) is 15.7. The van der Waals surface area contributed by atoms with Crippen LogP contribution in [0.2, 0.25) is 0 Å². The number of rotatable bonds is 4. The molecule has 0 radical (unpaired) electrons. The zero-order valence-corrected chi connectivity index (χ0v) is 12.8. The van der Waals surface area contributed by atoms with Crippen molar-refractivity contribution in [2.45, 2.75) is 25.3 Å². The first-order valence-electron chi connectivity index (χ1n) is 7.59. The van der Waals surface area contributed by atoms with E-state index in [0.29, 0.717) is 17.4 Å². The van der Waals surface area contributed by atoms with Gasteiger partial charge in [0, 0.05) is 30.9 Å². The Morgan fingerprint density at radius 3 is 2.68 bits per heavy atom. The lowest BCUT2D eigenvalue weighted by Gasteiger charge is -2.14. The average molecular weight is 296 g/mol. The predicted octanol–water partition coefficient (Wildman–Crippen LogP) is 2.31. The predicted molar refractivity (Wildman–Crippen MR) is 85.9 cm³/mol. The van der Waals surface area contributed by atoms with Crippen molar-refractivity contribution in [3.8, 4) is 0 Å². The zero-order valence-electron chi connectivity index (χ0n) is 12.8. The van der Waals surface area contributed by atoms with Crippen LogP contribution < -0.4 is 10.9 Å². The van der Waals surface area contributed by atoms with Crippen LogP contribution in [-0.2, 0) is 7.05 Å². The molecule has 1 amide bonds. The smallest absolute Gasteiger partial charge is 0.251 e. The Labute approximate surface area is 129 Å². The maximum absolute atomic E-state index is 12.2. The Hall–Kier alpha value is -2.36. The van der Waals surface area contributed by atoms with Gasteiger partial charge in [-0.1, -0.05) is 30.3 Å². The average Bonchev–Trinajstić information content (AvgIpc) is 3.31. The number of amides is 1. The van der Waals surface area contributed by atoms with Gasteiger partial charge in [0.05, 0.1) is 0 Å². The van der Waals surface area contributed by atoms with Crippen LogP contribution in [0.1, 0.15) is 35.2 Å². The summed E-state index contributed by atoms with van der Waals surface area (Å²) in [5.74, 6) is 0.821. The molecule has 1 aliphatic rings. The van der Waals surface area contributed by atoms with E-state index in [-0.39, 0.29) is 17.5 Å². The van der Waals surface area contributed by atoms with Crippen LogP contribution in [0.25, 0.3) is 0 Å². The number of carbonyl (C=O) groups is 1. The van der Waals surface area contributed by atoms with Gasteiger partial charge in [0.15, 0.2) is 0 Å². The van der Waals surface area contributed by atoms with Gasteiger partial charge in [0.2, 0.25) is 0 Å². The minimum absolute atomic E-state index is 0.0989. The molecular formula is C18H20N2O2. The van der Waals surface area contributed by atoms with Crippen LogP contribution in [-0.4, -0.2) is 16.5 Å². The molecule has 0 spiro atoms. The molecule has 1 N–H and O–H groups in total. The maximum atomic E-state index is 12.2. The van der Waals surface area contributed by atoms with Crippen molar-refractivity contribution in [3.05, 3.63) is 70.1 Å². The number of aryl methyl sites for hydroxylation is 1. The van der Waals surface area contributed by atoms with Crippen molar-refractivity contribution >= 4 is 5.91 Å². The van der Waals surface area contributed by atoms with E-state index >= 15 is 0 Å². The molecule has 3 atom stereocenters. The molecule has 1 heterocycles. The molecule has 0 bridgehead atoms. The molecular weight excluding hydrogens is 276 g/mol. The summed E-state index contributed by atoms with van der Waals surface area (Å²) in [6.45, 7) is 2.03. The van der Waals surface area contributed by atoms with Crippen molar-refractivity contribution < 1.29 is 4.79 Å². The molecule has 2 aromatic rings. The fourth-order valence-corrected chi connectivity index (χ4v) is 2.94. The molecule has 114 valence electrons. The van der Waals surface area contributed by atoms with E-state index in [0.717, 1.165) is 6.42 Å². The Balaban J connectivity index is 1.63. The number of benzene rings is 1. The fourth-order valence-electron chi connectivity index (χ4n) is 2.94. The summed E-state index contributed by atoms with van der Waals surface area (Å²) in [6, 6.07) is 13.5. The summed E-state index contributed by atoms with van der Waals surface area (Å²) in [7, 11) is 1.67. The van der Waals surface area contributed by atoms with Gasteiger partial charge in [0.25, 0.3) is 11.5 Å². The fraction of sp³-hybridized carbons (Fsp3) is 0.333. The lowest BCUT2D eigenvalue weighted by Crippen LogP contribution is -2.35. The minimum atomic E-state index is -0.177. The molecule has 22 heavy (non-hydrogen) atoms. The van der Waals surface area contributed by atoms with E-state index in [2.05, 4.69) is 17.4 Å². The summed E-state index contributed by atoms with van der Waals surface area (Å²) >= 11 is 0. The van der Waals surface area contributed by atoms with Gasteiger partial charge in [0.1, 0.15) is 0 Å². The third kappa shape index (κ3) is 2.96. The second-order valence-electron chi connectivity index (χ2n) is 6.04. The highest BCUT2D eigenvalue weighted by Gasteiger charge is 2.42. The first-order chi connectivity index (χ1) is 10.6. The van der Waals surface area contributed by atoms with E-state index in [1.165, 1.54) is 16.2 Å². The number of hydrogen-bond acceptors (Lipinski definition) is 2. The summed E-state index contributed by atoms with van der Waals surface area (Å²) < 4.78 is 1.45. The number of pyridine rings is 1. The standard InChI is InChI=1S/C18H20N2O2/c1-12(15-11-16(15)13-6-4-3-5-7-13)19-18(22)14-8-9-20(2)17(21)10-14/h3-10,12,15-16H,11H2,1-2H3,(H,19,22)/t12-,15+,16+/m0/s1. The minimum Gasteiger partial charge on any atom is -0.349 e. The van der Waals surface area contributed by atoms with Gasteiger partial charge in [-0.25, -0.2) is 0 Å². The number of nitrogens with zero attached hydrogens (tertiary/aromatic N) is 1. The molecule has 1 saturated carbocycles. The van der Waals surface area contributed by atoms with Crippen molar-refractivity contribution in [1.82, 2.24) is 9.88 Å². The van der Waals surface area contributed by atoms with Crippen LogP contribution >= 0.6 is 0 Å². The number of aromatic nitrogens is 1. The highest BCUT2D eigenvalue weighted by molar-refractivity contribution is 5.94. The SMILES string of the molecule is C[C@H](NC(=O)c1ccn(C)c(=O)c1)[C@H]1C[C@@H]1c1ccccc1. The molecule has 4 nitrogen and oxygen atoms in total. The van der Waals surface area contributed by atoms with Gasteiger partial charge >= 0.3 is 0 Å². The summed E-state index contributed by atoms with van der Waals surface area (Å²) in [5, 5.41) is 3.02. The second-order valence-corrected chi connectivity index (χ2v) is 6.04. The van der Waals surface area contributed by atoms with Gasteiger partial charge in [-0.3, -0.25) is 9.59 Å². The summed E-state index contributed by atoms with van der Waals surface area (Å²) in [5.41, 5.74) is 1.59. The van der Waals surface area contributed by atoms with Gasteiger partial charge in [-0.15, -0.1) is 0 Å². The van der Waals surface area contributed by atoms with Gasteiger partial charge < -0.3 is 9.88 Å². The Morgan fingerprint density at radius 2 is 2.00 bits per heavy atom. The van der Waals surface area contributed by atoms with E-state index < -0.39 is 0 Å². The van der Waals surface area contributed by atoms with Gasteiger partial charge in [-0.2, -0.15) is 0 Å². The monoisotopic (exact) mass is 296 g/mol. The third-order valence-corrected chi connectivity index (χ3v) is 4.44. The maximum Gasteiger partial charge on any atom is 0.251 e. The largest absolute Gasteiger partial charge is 0.349 e. The van der Waals surface area contributed by atoms with E-state index in [9.17, 15) is 9.59 Å². The topological polar surface area (TPSA) is 51.1 Å². The van der Waals surface area contributed by atoms with E-state index in [1.807, 2.05) is 25.1 Å². The quantitative estimate of drug-likeness (QED) is 0.941. The Bertz CT molecular complexity index is 736. The normalized spacial score (nSPS) is 21.2. The Morgan fingerprint density at radius 1 is 1.27 bits per heavy atom. The molecule has 1 fully saturated rings. The molecule has 0 aliphatic heterocycles. The first kappa shape index (κ1) is 14.6. The van der Waals surface area contributed by atoms with Crippen LogP contribution in [0.4, 0.5) is 0 Å². The summed E-state index contributed by atoms with van der Waals surface area (Å²) in [4.78, 5) is 23.8. The Kier molecular flexibility index (Phi) is 3.84. The lowest BCUT2D eigenvalue weighted by molar-refractivity contribution is 0.0935. The second kappa shape index (κ2) is 5.79. The van der Waals surface area contributed by atoms with Crippen LogP contribution in [0.15, 0.2) is 53.5 Å². The highest BCUT2D eigenvalue weighted by atomic mass is 16.2. The lowest BCUT2D eigenvalue weighted by atomic mass is 10.1. The molecule has 0 saturated heterocycles. The molecule has 3 rings (SSSR count). The van der Waals surface area contributed by atoms with Crippen molar-refractivity contribution in [3.63, 3.8) is 0 Å². The summed E-state index contributed by atoms with van der Waals surface area (Å²) in [6.07, 6.45) is 2.72. The van der Waals surface area contributed by atoms with Crippen molar-refractivity contribution in [1.29, 1.82) is 0 Å². The molecule has 1 aromatic heterocycles. The highest BCUT2D eigenvalue weighted by Crippen LogP contribution is 2.49. The van der Waals surface area contributed by atoms with Crippen molar-refractivity contribution in [2.24, 2.45) is 13.0 Å². The molecule has 1 aliphatic carbocycles. The molecule has 1 aromatic carbocycles. The number of hydrogen-bond donors (Lipinski definition) is 1. The number of carbonyl (C=O) groups excluding carboxylic acids is 1. The molecule has 4 heteroatoms. The number of nitrogens with one attached hydrogen (secondary N) is 1. The van der Waals surface area contributed by atoms with Crippen LogP contribution in [0, 0.1) is 5.92 Å². The van der Waals surface area contributed by atoms with E-state index in [4.69, 9.17) is 0 Å². The molecule has 0 unspecified atom stereocenters. The van der Waals surface area contributed by atoms with Gasteiger partial charge in [-0.05, 0) is 36.8 Å². The van der Waals surface area contributed by atoms with Crippen molar-refractivity contribution in [2.75, 3.05) is 0 Å². The van der Waals surface area contributed by atoms with Crippen LogP contribution in [0.5, 0.6) is 0 Å². The third-order valence-electron chi connectivity index (χ3n) is 4.44.